The number of fused-ring (bicyclic) bond motifs is 1. The number of nitro benzene ring substituents is 1. The van der Waals surface area contributed by atoms with E-state index in [-0.39, 0.29) is 10.6 Å². The first kappa shape index (κ1) is 12.8. The number of nitro groups is 1. The fourth-order valence-electron chi connectivity index (χ4n) is 2.53. The van der Waals surface area contributed by atoms with E-state index in [1.54, 1.807) is 12.1 Å². The molecule has 0 radical (unpaired) electrons. The second kappa shape index (κ2) is 5.05. The van der Waals surface area contributed by atoms with E-state index >= 15 is 0 Å². The van der Waals surface area contributed by atoms with E-state index in [1.165, 1.54) is 6.07 Å². The molecule has 1 aromatic heterocycles. The quantitative estimate of drug-likeness (QED) is 0.668. The maximum atomic E-state index is 10.8. The highest BCUT2D eigenvalue weighted by Gasteiger charge is 2.17. The number of nitrogens with one attached hydrogen (secondary N) is 1. The van der Waals surface area contributed by atoms with E-state index < -0.39 is 0 Å². The lowest BCUT2D eigenvalue weighted by atomic mass is 10.2. The Morgan fingerprint density at radius 3 is 3.00 bits per heavy atom. The van der Waals surface area contributed by atoms with Crippen molar-refractivity contribution in [2.24, 2.45) is 0 Å². The van der Waals surface area contributed by atoms with Crippen molar-refractivity contribution in [2.45, 2.75) is 13.0 Å². The lowest BCUT2D eigenvalue weighted by Gasteiger charge is -2.32. The summed E-state index contributed by atoms with van der Waals surface area (Å²) in [6.45, 7) is 4.94. The summed E-state index contributed by atoms with van der Waals surface area (Å²) in [5, 5.41) is 15.0. The van der Waals surface area contributed by atoms with Crippen molar-refractivity contribution in [3.8, 4) is 0 Å². The summed E-state index contributed by atoms with van der Waals surface area (Å²) >= 11 is 0. The first-order chi connectivity index (χ1) is 9.63. The number of nitrogens with zero attached hydrogens (tertiary/aromatic N) is 3. The van der Waals surface area contributed by atoms with Crippen LogP contribution in [0.15, 0.2) is 30.3 Å². The predicted octanol–water partition coefficient (Wildman–Crippen LogP) is 1.94. The minimum absolute atomic E-state index is 0.0999. The topological polar surface area (TPSA) is 71.3 Å². The summed E-state index contributed by atoms with van der Waals surface area (Å²) in [7, 11) is 0. The molecule has 0 saturated carbocycles. The van der Waals surface area contributed by atoms with Crippen molar-refractivity contribution in [2.75, 3.05) is 24.5 Å². The van der Waals surface area contributed by atoms with Gasteiger partial charge in [0.05, 0.1) is 10.4 Å². The van der Waals surface area contributed by atoms with Crippen LogP contribution in [0.1, 0.15) is 6.92 Å². The van der Waals surface area contributed by atoms with E-state index in [9.17, 15) is 10.1 Å². The first-order valence-electron chi connectivity index (χ1n) is 6.67. The number of piperazine rings is 1. The van der Waals surface area contributed by atoms with Crippen LogP contribution in [-0.2, 0) is 0 Å². The van der Waals surface area contributed by atoms with Crippen LogP contribution in [0.5, 0.6) is 0 Å². The van der Waals surface area contributed by atoms with E-state index in [1.807, 2.05) is 12.1 Å². The average molecular weight is 272 g/mol. The molecule has 20 heavy (non-hydrogen) atoms. The molecule has 1 atom stereocenters. The Hall–Kier alpha value is -2.21. The molecule has 6 nitrogen and oxygen atoms in total. The summed E-state index contributed by atoms with van der Waals surface area (Å²) in [6, 6.07) is 9.05. The minimum atomic E-state index is -0.384. The van der Waals surface area contributed by atoms with Crippen LogP contribution < -0.4 is 10.2 Å². The normalized spacial score (nSPS) is 19.2. The second-order valence-electron chi connectivity index (χ2n) is 5.10. The third-order valence-corrected chi connectivity index (χ3v) is 3.56. The molecule has 0 amide bonds. The SMILES string of the molecule is C[C@H]1CN(c2ccc3cc([N+](=O)[O-])ccc3n2)CCN1. The van der Waals surface area contributed by atoms with Gasteiger partial charge in [-0.1, -0.05) is 0 Å². The number of non-ortho nitro benzene ring substituents is 1. The monoisotopic (exact) mass is 272 g/mol. The van der Waals surface area contributed by atoms with Crippen molar-refractivity contribution in [1.29, 1.82) is 0 Å². The minimum Gasteiger partial charge on any atom is -0.354 e. The zero-order valence-corrected chi connectivity index (χ0v) is 11.2. The Bertz CT molecular complexity index is 659. The second-order valence-corrected chi connectivity index (χ2v) is 5.10. The van der Waals surface area contributed by atoms with Crippen LogP contribution in [0, 0.1) is 10.1 Å². The average Bonchev–Trinajstić information content (AvgIpc) is 2.46. The van der Waals surface area contributed by atoms with Gasteiger partial charge in [0, 0.05) is 43.2 Å². The first-order valence-corrected chi connectivity index (χ1v) is 6.67. The molecule has 1 fully saturated rings. The van der Waals surface area contributed by atoms with Crippen LogP contribution >= 0.6 is 0 Å². The molecule has 1 aliphatic rings. The molecule has 0 spiro atoms. The van der Waals surface area contributed by atoms with E-state index in [0.717, 1.165) is 36.4 Å². The number of hydrogen-bond acceptors (Lipinski definition) is 5. The van der Waals surface area contributed by atoms with Gasteiger partial charge >= 0.3 is 0 Å². The zero-order chi connectivity index (χ0) is 14.1. The largest absolute Gasteiger partial charge is 0.354 e. The van der Waals surface area contributed by atoms with Crippen molar-refractivity contribution in [1.82, 2.24) is 10.3 Å². The Morgan fingerprint density at radius 1 is 1.40 bits per heavy atom. The third-order valence-electron chi connectivity index (χ3n) is 3.56. The van der Waals surface area contributed by atoms with Gasteiger partial charge in [0.2, 0.25) is 0 Å². The molecular weight excluding hydrogens is 256 g/mol. The number of benzene rings is 1. The molecular formula is C14H16N4O2. The Morgan fingerprint density at radius 2 is 2.25 bits per heavy atom. The van der Waals surface area contributed by atoms with Crippen LogP contribution in [0.2, 0.25) is 0 Å². The van der Waals surface area contributed by atoms with Crippen molar-refractivity contribution < 1.29 is 4.92 Å². The summed E-state index contributed by atoms with van der Waals surface area (Å²) in [4.78, 5) is 17.2. The Labute approximate surface area is 116 Å². The van der Waals surface area contributed by atoms with Gasteiger partial charge in [-0.3, -0.25) is 10.1 Å². The fourth-order valence-corrected chi connectivity index (χ4v) is 2.53. The van der Waals surface area contributed by atoms with Gasteiger partial charge in [-0.05, 0) is 25.1 Å². The van der Waals surface area contributed by atoms with Crippen LogP contribution in [0.4, 0.5) is 11.5 Å². The van der Waals surface area contributed by atoms with Gasteiger partial charge in [-0.2, -0.15) is 0 Å². The highest BCUT2D eigenvalue weighted by molar-refractivity contribution is 5.82. The van der Waals surface area contributed by atoms with E-state index in [4.69, 9.17) is 0 Å². The van der Waals surface area contributed by atoms with Gasteiger partial charge < -0.3 is 10.2 Å². The summed E-state index contributed by atoms with van der Waals surface area (Å²) in [5.41, 5.74) is 0.891. The molecule has 2 heterocycles. The maximum absolute atomic E-state index is 10.8. The van der Waals surface area contributed by atoms with Gasteiger partial charge in [-0.15, -0.1) is 0 Å². The molecule has 0 unspecified atom stereocenters. The Balaban J connectivity index is 1.94. The summed E-state index contributed by atoms with van der Waals surface area (Å²) in [6.07, 6.45) is 0. The lowest BCUT2D eigenvalue weighted by molar-refractivity contribution is -0.384. The molecule has 104 valence electrons. The van der Waals surface area contributed by atoms with Crippen molar-refractivity contribution >= 4 is 22.4 Å². The predicted molar refractivity (Wildman–Crippen MR) is 78.1 cm³/mol. The smallest absolute Gasteiger partial charge is 0.270 e. The number of pyridine rings is 1. The van der Waals surface area contributed by atoms with E-state index in [0.29, 0.717) is 6.04 Å². The van der Waals surface area contributed by atoms with Gasteiger partial charge in [0.25, 0.3) is 5.69 Å². The molecule has 0 aliphatic carbocycles. The molecule has 2 aromatic rings. The van der Waals surface area contributed by atoms with Crippen molar-refractivity contribution in [3.63, 3.8) is 0 Å². The highest BCUT2D eigenvalue weighted by atomic mass is 16.6. The number of rotatable bonds is 2. The maximum Gasteiger partial charge on any atom is 0.270 e. The van der Waals surface area contributed by atoms with E-state index in [2.05, 4.69) is 22.1 Å². The molecule has 1 aliphatic heterocycles. The number of hydrogen-bond donors (Lipinski definition) is 1. The van der Waals surface area contributed by atoms with Crippen LogP contribution in [0.3, 0.4) is 0 Å². The lowest BCUT2D eigenvalue weighted by Crippen LogP contribution is -2.49. The summed E-state index contributed by atoms with van der Waals surface area (Å²) in [5.74, 6) is 0.930. The third kappa shape index (κ3) is 2.42. The molecule has 1 saturated heterocycles. The number of anilines is 1. The Kier molecular flexibility index (Phi) is 3.23. The number of aromatic nitrogens is 1. The molecule has 0 bridgehead atoms. The van der Waals surface area contributed by atoms with Gasteiger partial charge in [-0.25, -0.2) is 4.98 Å². The van der Waals surface area contributed by atoms with Crippen molar-refractivity contribution in [3.05, 3.63) is 40.4 Å². The van der Waals surface area contributed by atoms with Crippen LogP contribution in [0.25, 0.3) is 10.9 Å². The molecule has 6 heteroatoms. The van der Waals surface area contributed by atoms with Gasteiger partial charge in [0.1, 0.15) is 5.82 Å². The summed E-state index contributed by atoms with van der Waals surface area (Å²) < 4.78 is 0. The standard InChI is InChI=1S/C14H16N4O2/c1-10-9-17(7-6-15-10)14-5-2-11-8-12(18(19)20)3-4-13(11)16-14/h2-5,8,10,15H,6-7,9H2,1H3/t10-/m0/s1. The molecule has 1 aromatic carbocycles. The zero-order valence-electron chi connectivity index (χ0n) is 11.2. The fraction of sp³-hybridized carbons (Fsp3) is 0.357. The van der Waals surface area contributed by atoms with Gasteiger partial charge in [0.15, 0.2) is 0 Å². The molecule has 1 N–H and O–H groups in total. The highest BCUT2D eigenvalue weighted by Crippen LogP contribution is 2.23. The molecule has 3 rings (SSSR count). The van der Waals surface area contributed by atoms with Crippen LogP contribution in [-0.4, -0.2) is 35.6 Å².